The summed E-state index contributed by atoms with van der Waals surface area (Å²) >= 11 is 0. The quantitative estimate of drug-likeness (QED) is 0.619. The summed E-state index contributed by atoms with van der Waals surface area (Å²) in [4.78, 5) is 32.3. The number of ether oxygens (including phenoxy) is 1. The van der Waals surface area contributed by atoms with Gasteiger partial charge in [-0.15, -0.1) is 0 Å². The lowest BCUT2D eigenvalue weighted by Crippen LogP contribution is -2.43. The number of hydrogen-bond donors (Lipinski definition) is 2. The predicted octanol–water partition coefficient (Wildman–Crippen LogP) is 0.818. The zero-order valence-electron chi connectivity index (χ0n) is 10.4. The molecule has 1 atom stereocenters. The number of imide groups is 1. The second-order valence-electron chi connectivity index (χ2n) is 3.58. The van der Waals surface area contributed by atoms with E-state index in [0.717, 1.165) is 0 Å². The summed E-state index contributed by atoms with van der Waals surface area (Å²) in [5.74, 6) is -0.317. The lowest BCUT2D eigenvalue weighted by Gasteiger charge is -2.13. The molecule has 8 nitrogen and oxygen atoms in total. The second-order valence-corrected chi connectivity index (χ2v) is 3.58. The molecule has 0 saturated carbocycles. The number of amides is 3. The fourth-order valence-corrected chi connectivity index (χ4v) is 1.18. The van der Waals surface area contributed by atoms with Gasteiger partial charge >= 0.3 is 6.03 Å². The lowest BCUT2D eigenvalue weighted by molar-refractivity contribution is -0.384. The number of nitrogens with one attached hydrogen (secondary N) is 2. The van der Waals surface area contributed by atoms with Crippen molar-refractivity contribution in [1.82, 2.24) is 10.6 Å². The molecule has 0 fully saturated rings. The van der Waals surface area contributed by atoms with Gasteiger partial charge in [-0.2, -0.15) is 0 Å². The standard InChI is InChI=1S/C11H13N3O5/c1-7(10(15)13-11(16)12-2)19-9-5-3-8(4-6-9)14(17)18/h3-7H,1-2H3,(H2,12,13,15,16)/t7-/m1/s1. The molecule has 2 N–H and O–H groups in total. The number of carbonyl (C=O) groups excluding carboxylic acids is 2. The van der Waals surface area contributed by atoms with Crippen LogP contribution in [0.15, 0.2) is 24.3 Å². The second kappa shape index (κ2) is 6.34. The third-order valence-corrected chi connectivity index (χ3v) is 2.19. The first kappa shape index (κ1) is 14.4. The molecule has 19 heavy (non-hydrogen) atoms. The summed E-state index contributed by atoms with van der Waals surface area (Å²) in [6.07, 6.45) is -0.904. The Morgan fingerprint density at radius 2 is 1.89 bits per heavy atom. The molecule has 102 valence electrons. The molecule has 8 heteroatoms. The van der Waals surface area contributed by atoms with Crippen LogP contribution >= 0.6 is 0 Å². The SMILES string of the molecule is CNC(=O)NC(=O)[C@@H](C)Oc1ccc([N+](=O)[O-])cc1. The lowest BCUT2D eigenvalue weighted by atomic mass is 10.3. The van der Waals surface area contributed by atoms with Gasteiger partial charge in [0.1, 0.15) is 5.75 Å². The Bertz CT molecular complexity index is 486. The van der Waals surface area contributed by atoms with E-state index in [1.807, 2.05) is 0 Å². The molecule has 1 rings (SSSR count). The van der Waals surface area contributed by atoms with E-state index < -0.39 is 23.0 Å². The minimum atomic E-state index is -0.904. The number of hydrogen-bond acceptors (Lipinski definition) is 5. The van der Waals surface area contributed by atoms with Crippen LogP contribution in [0.3, 0.4) is 0 Å². The number of nitrogens with zero attached hydrogens (tertiary/aromatic N) is 1. The number of rotatable bonds is 4. The van der Waals surface area contributed by atoms with Gasteiger partial charge in [0.25, 0.3) is 11.6 Å². The Labute approximate surface area is 108 Å². The van der Waals surface area contributed by atoms with E-state index >= 15 is 0 Å². The van der Waals surface area contributed by atoms with E-state index in [-0.39, 0.29) is 5.69 Å². The van der Waals surface area contributed by atoms with Gasteiger partial charge in [0.2, 0.25) is 0 Å². The van der Waals surface area contributed by atoms with Crippen molar-refractivity contribution < 1.29 is 19.2 Å². The van der Waals surface area contributed by atoms with Crippen molar-refractivity contribution >= 4 is 17.6 Å². The van der Waals surface area contributed by atoms with Gasteiger partial charge in [0, 0.05) is 19.2 Å². The zero-order valence-corrected chi connectivity index (χ0v) is 10.4. The average molecular weight is 267 g/mol. The van der Waals surface area contributed by atoms with Crippen molar-refractivity contribution in [1.29, 1.82) is 0 Å². The molecular formula is C11H13N3O5. The normalized spacial score (nSPS) is 11.3. The Hall–Kier alpha value is -2.64. The fraction of sp³-hybridized carbons (Fsp3) is 0.273. The fourth-order valence-electron chi connectivity index (χ4n) is 1.18. The monoisotopic (exact) mass is 267 g/mol. The van der Waals surface area contributed by atoms with Crippen LogP contribution < -0.4 is 15.4 Å². The maximum absolute atomic E-state index is 11.5. The van der Waals surface area contributed by atoms with E-state index in [1.165, 1.54) is 38.2 Å². The van der Waals surface area contributed by atoms with Crippen LogP contribution in [0.4, 0.5) is 10.5 Å². The number of nitro benzene ring substituents is 1. The van der Waals surface area contributed by atoms with Crippen LogP contribution in [0.5, 0.6) is 5.75 Å². The molecule has 0 saturated heterocycles. The Morgan fingerprint density at radius 3 is 2.37 bits per heavy atom. The van der Waals surface area contributed by atoms with Crippen molar-refractivity contribution in [2.24, 2.45) is 0 Å². The first-order valence-corrected chi connectivity index (χ1v) is 5.37. The smallest absolute Gasteiger partial charge is 0.321 e. The predicted molar refractivity (Wildman–Crippen MR) is 65.8 cm³/mol. The highest BCUT2D eigenvalue weighted by atomic mass is 16.6. The maximum atomic E-state index is 11.5. The third-order valence-electron chi connectivity index (χ3n) is 2.19. The van der Waals surface area contributed by atoms with Crippen LogP contribution in [-0.4, -0.2) is 30.0 Å². The zero-order chi connectivity index (χ0) is 14.4. The first-order chi connectivity index (χ1) is 8.93. The number of urea groups is 1. The molecule has 0 spiro atoms. The Balaban J connectivity index is 2.61. The summed E-state index contributed by atoms with van der Waals surface area (Å²) in [7, 11) is 1.38. The van der Waals surface area contributed by atoms with Gasteiger partial charge in [0.05, 0.1) is 4.92 Å². The number of nitro groups is 1. The Morgan fingerprint density at radius 1 is 1.32 bits per heavy atom. The van der Waals surface area contributed by atoms with Gasteiger partial charge in [0.15, 0.2) is 6.10 Å². The molecular weight excluding hydrogens is 254 g/mol. The molecule has 3 amide bonds. The van der Waals surface area contributed by atoms with E-state index in [0.29, 0.717) is 5.75 Å². The van der Waals surface area contributed by atoms with Crippen molar-refractivity contribution in [2.45, 2.75) is 13.0 Å². The number of carbonyl (C=O) groups is 2. The number of non-ortho nitro benzene ring substituents is 1. The van der Waals surface area contributed by atoms with Crippen molar-refractivity contribution in [3.05, 3.63) is 34.4 Å². The van der Waals surface area contributed by atoms with Crippen LogP contribution in [-0.2, 0) is 4.79 Å². The van der Waals surface area contributed by atoms with Crippen LogP contribution in [0, 0.1) is 10.1 Å². The first-order valence-electron chi connectivity index (χ1n) is 5.37. The molecule has 0 aliphatic heterocycles. The van der Waals surface area contributed by atoms with Gasteiger partial charge in [-0.1, -0.05) is 0 Å². The topological polar surface area (TPSA) is 111 Å². The Kier molecular flexibility index (Phi) is 4.81. The van der Waals surface area contributed by atoms with Gasteiger partial charge in [-0.3, -0.25) is 20.2 Å². The van der Waals surface area contributed by atoms with Gasteiger partial charge < -0.3 is 10.1 Å². The van der Waals surface area contributed by atoms with Gasteiger partial charge in [-0.25, -0.2) is 4.79 Å². The summed E-state index contributed by atoms with van der Waals surface area (Å²) in [5, 5.41) is 14.7. The average Bonchev–Trinajstić information content (AvgIpc) is 2.38. The molecule has 0 heterocycles. The molecule has 1 aromatic rings. The van der Waals surface area contributed by atoms with E-state index in [2.05, 4.69) is 10.6 Å². The summed E-state index contributed by atoms with van der Waals surface area (Å²) in [5.41, 5.74) is -0.0742. The third kappa shape index (κ3) is 4.26. The van der Waals surface area contributed by atoms with Crippen molar-refractivity contribution in [2.75, 3.05) is 7.05 Å². The van der Waals surface area contributed by atoms with Crippen LogP contribution in [0.25, 0.3) is 0 Å². The highest BCUT2D eigenvalue weighted by Crippen LogP contribution is 2.18. The summed E-state index contributed by atoms with van der Waals surface area (Å²) < 4.78 is 5.24. The van der Waals surface area contributed by atoms with Crippen molar-refractivity contribution in [3.8, 4) is 5.75 Å². The summed E-state index contributed by atoms with van der Waals surface area (Å²) in [6.45, 7) is 1.46. The molecule has 0 radical (unpaired) electrons. The molecule has 0 aromatic heterocycles. The highest BCUT2D eigenvalue weighted by Gasteiger charge is 2.17. The number of benzene rings is 1. The molecule has 0 aliphatic carbocycles. The van der Waals surface area contributed by atoms with E-state index in [4.69, 9.17) is 4.74 Å². The molecule has 0 bridgehead atoms. The van der Waals surface area contributed by atoms with E-state index in [1.54, 1.807) is 0 Å². The van der Waals surface area contributed by atoms with Crippen LogP contribution in [0.1, 0.15) is 6.92 Å². The maximum Gasteiger partial charge on any atom is 0.321 e. The van der Waals surface area contributed by atoms with Crippen molar-refractivity contribution in [3.63, 3.8) is 0 Å². The molecule has 0 aliphatic rings. The molecule has 0 unspecified atom stereocenters. The summed E-state index contributed by atoms with van der Waals surface area (Å²) in [6, 6.07) is 4.64. The van der Waals surface area contributed by atoms with Crippen LogP contribution in [0.2, 0.25) is 0 Å². The largest absolute Gasteiger partial charge is 0.481 e. The minimum Gasteiger partial charge on any atom is -0.481 e. The minimum absolute atomic E-state index is 0.0742. The highest BCUT2D eigenvalue weighted by molar-refractivity contribution is 5.96. The molecule has 1 aromatic carbocycles. The van der Waals surface area contributed by atoms with Gasteiger partial charge in [-0.05, 0) is 19.1 Å². The van der Waals surface area contributed by atoms with E-state index in [9.17, 15) is 19.7 Å².